The number of aliphatic imine (C=N–C) groups is 1. The highest BCUT2D eigenvalue weighted by atomic mass is 14.8. The van der Waals surface area contributed by atoms with Crippen molar-refractivity contribution in [2.75, 3.05) is 0 Å². The third-order valence-electron chi connectivity index (χ3n) is 6.15. The smallest absolute Gasteiger partial charge is 0.0776 e. The lowest BCUT2D eigenvalue weighted by atomic mass is 9.65. The third kappa shape index (κ3) is 2.18. The van der Waals surface area contributed by atoms with Crippen molar-refractivity contribution in [2.24, 2.45) is 28.7 Å². The second kappa shape index (κ2) is 5.73. The highest BCUT2D eigenvalue weighted by molar-refractivity contribution is 5.64. The molecule has 1 heterocycles. The van der Waals surface area contributed by atoms with Crippen molar-refractivity contribution < 1.29 is 0 Å². The van der Waals surface area contributed by atoms with Crippen molar-refractivity contribution in [1.82, 2.24) is 0 Å². The molecular formula is C23H23N. The Bertz CT molecular complexity index is 781. The van der Waals surface area contributed by atoms with E-state index in [1.807, 2.05) is 0 Å². The Morgan fingerprint density at radius 1 is 0.917 bits per heavy atom. The topological polar surface area (TPSA) is 12.4 Å². The molecule has 0 N–H and O–H groups in total. The van der Waals surface area contributed by atoms with Crippen molar-refractivity contribution in [3.05, 3.63) is 83.6 Å². The fourth-order valence-electron chi connectivity index (χ4n) is 4.93. The van der Waals surface area contributed by atoms with E-state index in [0.29, 0.717) is 29.7 Å². The molecule has 5 aliphatic rings. The molecule has 0 bridgehead atoms. The summed E-state index contributed by atoms with van der Waals surface area (Å²) in [5.74, 6) is 2.18. The van der Waals surface area contributed by atoms with E-state index in [-0.39, 0.29) is 0 Å². The Kier molecular flexibility index (Phi) is 3.40. The Morgan fingerprint density at radius 3 is 2.75 bits per heavy atom. The highest BCUT2D eigenvalue weighted by Crippen LogP contribution is 2.46. The molecule has 1 aliphatic heterocycles. The number of allylic oxidation sites excluding steroid dienone is 12. The standard InChI is InChI=1S/C23H23N/c1-2-7-17(8-3-1)23-22-13-12-19-18-9-5-4-6-16(18)10-11-20(19)21(22)14-15-24-23/h1-2,4-7,9-13,15-16,18,21-23H,3,8,14H2. The maximum Gasteiger partial charge on any atom is 0.0776 e. The lowest BCUT2D eigenvalue weighted by Crippen LogP contribution is -2.35. The van der Waals surface area contributed by atoms with Gasteiger partial charge in [0, 0.05) is 24.0 Å². The van der Waals surface area contributed by atoms with E-state index in [2.05, 4.69) is 73.1 Å². The van der Waals surface area contributed by atoms with Gasteiger partial charge >= 0.3 is 0 Å². The number of hydrogen-bond donors (Lipinski definition) is 0. The van der Waals surface area contributed by atoms with Crippen molar-refractivity contribution in [2.45, 2.75) is 25.3 Å². The Balaban J connectivity index is 1.50. The van der Waals surface area contributed by atoms with Crippen LogP contribution in [0.3, 0.4) is 0 Å². The first-order chi connectivity index (χ1) is 11.9. The van der Waals surface area contributed by atoms with Gasteiger partial charge in [-0.15, -0.1) is 0 Å². The van der Waals surface area contributed by atoms with Gasteiger partial charge < -0.3 is 0 Å². The summed E-state index contributed by atoms with van der Waals surface area (Å²) in [6.45, 7) is 0. The van der Waals surface area contributed by atoms with Gasteiger partial charge in [-0.05, 0) is 41.9 Å². The zero-order chi connectivity index (χ0) is 15.9. The molecule has 0 saturated heterocycles. The molecule has 5 atom stereocenters. The minimum atomic E-state index is 0.340. The molecule has 120 valence electrons. The summed E-state index contributed by atoms with van der Waals surface area (Å²) in [7, 11) is 0. The molecule has 4 aliphatic carbocycles. The van der Waals surface area contributed by atoms with Gasteiger partial charge in [0.25, 0.3) is 0 Å². The predicted octanol–water partition coefficient (Wildman–Crippen LogP) is 5.13. The zero-order valence-corrected chi connectivity index (χ0v) is 13.9. The number of nitrogens with zero attached hydrogens (tertiary/aromatic N) is 1. The molecule has 5 rings (SSSR count). The lowest BCUT2D eigenvalue weighted by Gasteiger charge is -2.41. The minimum Gasteiger partial charge on any atom is -0.289 e. The number of fused-ring (bicyclic) bond motifs is 4. The van der Waals surface area contributed by atoms with Crippen LogP contribution in [0, 0.1) is 23.7 Å². The van der Waals surface area contributed by atoms with Crippen molar-refractivity contribution >= 4 is 6.21 Å². The predicted molar refractivity (Wildman–Crippen MR) is 101 cm³/mol. The lowest BCUT2D eigenvalue weighted by molar-refractivity contribution is 0.388. The van der Waals surface area contributed by atoms with Crippen molar-refractivity contribution in [3.63, 3.8) is 0 Å². The van der Waals surface area contributed by atoms with Crippen LogP contribution in [0.4, 0.5) is 0 Å². The van der Waals surface area contributed by atoms with Crippen LogP contribution in [0.1, 0.15) is 19.3 Å². The normalized spacial score (nSPS) is 38.7. The molecule has 0 amide bonds. The summed E-state index contributed by atoms with van der Waals surface area (Å²) in [6.07, 6.45) is 31.1. The second-order valence-electron chi connectivity index (χ2n) is 7.41. The highest BCUT2D eigenvalue weighted by Gasteiger charge is 2.39. The molecule has 5 unspecified atom stereocenters. The first kappa shape index (κ1) is 14.2. The Hall–Kier alpha value is -2.15. The molecule has 0 aromatic carbocycles. The van der Waals surface area contributed by atoms with E-state index in [9.17, 15) is 0 Å². The average Bonchev–Trinajstić information content (AvgIpc) is 2.67. The first-order valence-electron chi connectivity index (χ1n) is 9.24. The van der Waals surface area contributed by atoms with E-state index in [1.54, 1.807) is 5.57 Å². The molecule has 24 heavy (non-hydrogen) atoms. The van der Waals surface area contributed by atoms with Crippen LogP contribution in [0.5, 0.6) is 0 Å². The van der Waals surface area contributed by atoms with Gasteiger partial charge in [0.15, 0.2) is 0 Å². The van der Waals surface area contributed by atoms with Crippen LogP contribution < -0.4 is 0 Å². The molecule has 0 fully saturated rings. The van der Waals surface area contributed by atoms with E-state index in [4.69, 9.17) is 4.99 Å². The van der Waals surface area contributed by atoms with Gasteiger partial charge in [-0.25, -0.2) is 0 Å². The first-order valence-corrected chi connectivity index (χ1v) is 9.24. The Labute approximate surface area is 144 Å². The summed E-state index contributed by atoms with van der Waals surface area (Å²) >= 11 is 0. The summed E-state index contributed by atoms with van der Waals surface area (Å²) in [5, 5.41) is 0. The monoisotopic (exact) mass is 313 g/mol. The van der Waals surface area contributed by atoms with E-state index < -0.39 is 0 Å². The quantitative estimate of drug-likeness (QED) is 0.636. The SMILES string of the molecule is C1=CCCC(C2N=CCC3C4=C(C=CC32)C2C=CC=CC2C=C4)=C1. The van der Waals surface area contributed by atoms with Crippen LogP contribution in [0.2, 0.25) is 0 Å². The van der Waals surface area contributed by atoms with E-state index in [1.165, 1.54) is 11.1 Å². The van der Waals surface area contributed by atoms with Gasteiger partial charge in [0.05, 0.1) is 6.04 Å². The minimum absolute atomic E-state index is 0.340. The molecule has 0 aromatic rings. The zero-order valence-electron chi connectivity index (χ0n) is 13.9. The number of rotatable bonds is 1. The van der Waals surface area contributed by atoms with Gasteiger partial charge in [0.2, 0.25) is 0 Å². The fourth-order valence-corrected chi connectivity index (χ4v) is 4.93. The number of hydrogen-bond acceptors (Lipinski definition) is 1. The second-order valence-corrected chi connectivity index (χ2v) is 7.41. The molecule has 1 nitrogen and oxygen atoms in total. The van der Waals surface area contributed by atoms with Gasteiger partial charge in [-0.2, -0.15) is 0 Å². The molecule has 1 heteroatoms. The maximum atomic E-state index is 4.91. The molecule has 0 saturated carbocycles. The Morgan fingerprint density at radius 2 is 1.83 bits per heavy atom. The van der Waals surface area contributed by atoms with Crippen LogP contribution in [0.25, 0.3) is 0 Å². The molecule has 0 radical (unpaired) electrons. The van der Waals surface area contributed by atoms with Gasteiger partial charge in [-0.3, -0.25) is 4.99 Å². The summed E-state index contributed by atoms with van der Waals surface area (Å²) < 4.78 is 0. The molecule has 0 aromatic heterocycles. The van der Waals surface area contributed by atoms with Crippen molar-refractivity contribution in [3.8, 4) is 0 Å². The van der Waals surface area contributed by atoms with E-state index >= 15 is 0 Å². The van der Waals surface area contributed by atoms with Crippen LogP contribution in [0.15, 0.2) is 88.5 Å². The van der Waals surface area contributed by atoms with Crippen LogP contribution in [-0.4, -0.2) is 12.3 Å². The van der Waals surface area contributed by atoms with Gasteiger partial charge in [-0.1, -0.05) is 66.8 Å². The molecular weight excluding hydrogens is 290 g/mol. The largest absolute Gasteiger partial charge is 0.289 e. The van der Waals surface area contributed by atoms with Gasteiger partial charge in [0.1, 0.15) is 0 Å². The summed E-state index contributed by atoms with van der Waals surface area (Å²) in [5.41, 5.74) is 4.61. The maximum absolute atomic E-state index is 4.91. The summed E-state index contributed by atoms with van der Waals surface area (Å²) in [4.78, 5) is 4.91. The summed E-state index contributed by atoms with van der Waals surface area (Å²) in [6, 6.07) is 0.340. The van der Waals surface area contributed by atoms with Crippen molar-refractivity contribution in [1.29, 1.82) is 0 Å². The fraction of sp³-hybridized carbons (Fsp3) is 0.348. The van der Waals surface area contributed by atoms with E-state index in [0.717, 1.165) is 19.3 Å². The van der Waals surface area contributed by atoms with Crippen LogP contribution >= 0.6 is 0 Å². The average molecular weight is 313 g/mol. The third-order valence-corrected chi connectivity index (χ3v) is 6.15. The molecule has 0 spiro atoms. The van der Waals surface area contributed by atoms with Crippen LogP contribution in [-0.2, 0) is 0 Å².